The van der Waals surface area contributed by atoms with Crippen LogP contribution < -0.4 is 10.6 Å². The highest BCUT2D eigenvalue weighted by molar-refractivity contribution is 6.00. The fourth-order valence-electron chi connectivity index (χ4n) is 2.30. The van der Waals surface area contributed by atoms with Gasteiger partial charge in [0.2, 0.25) is 5.91 Å². The number of H-pyrrole nitrogens is 1. The monoisotopic (exact) mass is 280 g/mol. The van der Waals surface area contributed by atoms with Gasteiger partial charge < -0.3 is 10.6 Å². The lowest BCUT2D eigenvalue weighted by Crippen LogP contribution is -2.10. The Morgan fingerprint density at radius 2 is 1.86 bits per heavy atom. The van der Waals surface area contributed by atoms with Gasteiger partial charge in [-0.15, -0.1) is 0 Å². The highest BCUT2D eigenvalue weighted by Crippen LogP contribution is 2.28. The summed E-state index contributed by atoms with van der Waals surface area (Å²) in [5.74, 6) is -0.438. The van der Waals surface area contributed by atoms with Gasteiger partial charge in [0.05, 0.1) is 11.2 Å². The fraction of sp³-hybridized carbons (Fsp3) is 0.125. The van der Waals surface area contributed by atoms with Gasteiger partial charge >= 0.3 is 0 Å². The molecule has 3 N–H and O–H groups in total. The number of hydrogen-bond donors (Lipinski definition) is 2. The van der Waals surface area contributed by atoms with Gasteiger partial charge in [-0.3, -0.25) is 9.89 Å². The average Bonchev–Trinajstić information content (AvgIpc) is 2.90. The van der Waals surface area contributed by atoms with Gasteiger partial charge in [-0.2, -0.15) is 5.10 Å². The number of carbonyl (C=O) groups excluding carboxylic acids is 1. The summed E-state index contributed by atoms with van der Waals surface area (Å²) in [6.45, 7) is 0. The van der Waals surface area contributed by atoms with Crippen molar-refractivity contribution in [3.8, 4) is 11.3 Å². The molecule has 21 heavy (non-hydrogen) atoms. The Hall–Kier alpha value is -2.82. The van der Waals surface area contributed by atoms with Gasteiger partial charge in [0.1, 0.15) is 0 Å². The number of aromatic nitrogens is 2. The second kappa shape index (κ2) is 4.94. The minimum Gasteiger partial charge on any atom is -0.378 e. The Morgan fingerprint density at radius 3 is 2.48 bits per heavy atom. The maximum atomic E-state index is 11.3. The minimum atomic E-state index is -0.438. The Balaban J connectivity index is 2.11. The molecule has 0 fully saturated rings. The molecule has 0 radical (unpaired) electrons. The Bertz CT molecular complexity index is 803. The summed E-state index contributed by atoms with van der Waals surface area (Å²) in [5.41, 5.74) is 9.64. The van der Waals surface area contributed by atoms with E-state index < -0.39 is 5.91 Å². The molecule has 0 saturated heterocycles. The number of nitrogens with two attached hydrogens (primary N) is 1. The molecule has 0 aliphatic rings. The second-order valence-electron chi connectivity index (χ2n) is 5.14. The number of rotatable bonds is 3. The van der Waals surface area contributed by atoms with E-state index in [-0.39, 0.29) is 0 Å². The number of amides is 1. The van der Waals surface area contributed by atoms with Crippen LogP contribution in [0, 0.1) is 0 Å². The van der Waals surface area contributed by atoms with Crippen molar-refractivity contribution in [2.75, 3.05) is 19.0 Å². The zero-order chi connectivity index (χ0) is 15.0. The van der Waals surface area contributed by atoms with Crippen LogP contribution in [0.3, 0.4) is 0 Å². The van der Waals surface area contributed by atoms with Crippen LogP contribution >= 0.6 is 0 Å². The first-order valence-electron chi connectivity index (χ1n) is 6.62. The first-order valence-corrected chi connectivity index (χ1v) is 6.62. The van der Waals surface area contributed by atoms with Crippen molar-refractivity contribution in [1.29, 1.82) is 0 Å². The largest absolute Gasteiger partial charge is 0.378 e. The van der Waals surface area contributed by atoms with E-state index >= 15 is 0 Å². The number of primary amides is 1. The van der Waals surface area contributed by atoms with Crippen molar-refractivity contribution >= 4 is 22.5 Å². The number of benzene rings is 2. The van der Waals surface area contributed by atoms with E-state index in [2.05, 4.69) is 10.2 Å². The Morgan fingerprint density at radius 1 is 1.14 bits per heavy atom. The van der Waals surface area contributed by atoms with E-state index in [0.717, 1.165) is 27.8 Å². The highest BCUT2D eigenvalue weighted by Gasteiger charge is 2.10. The number of nitrogens with zero attached hydrogens (tertiary/aromatic N) is 2. The lowest BCUT2D eigenvalue weighted by Gasteiger charge is -2.12. The van der Waals surface area contributed by atoms with Crippen LogP contribution in [0.4, 0.5) is 5.69 Å². The molecule has 1 aromatic heterocycles. The number of nitrogens with one attached hydrogen (secondary N) is 1. The predicted octanol–water partition coefficient (Wildman–Crippen LogP) is 2.39. The molecule has 5 nitrogen and oxygen atoms in total. The minimum absolute atomic E-state index is 0.438. The molecule has 3 rings (SSSR count). The van der Waals surface area contributed by atoms with E-state index in [1.165, 1.54) is 0 Å². The van der Waals surface area contributed by atoms with Crippen molar-refractivity contribution in [1.82, 2.24) is 10.2 Å². The Labute approximate surface area is 122 Å². The molecule has 106 valence electrons. The van der Waals surface area contributed by atoms with E-state index in [1.807, 2.05) is 49.3 Å². The lowest BCUT2D eigenvalue weighted by atomic mass is 10.0. The van der Waals surface area contributed by atoms with E-state index in [4.69, 9.17) is 5.73 Å². The molecule has 0 spiro atoms. The third-order valence-electron chi connectivity index (χ3n) is 3.50. The molecule has 0 bridgehead atoms. The van der Waals surface area contributed by atoms with Crippen molar-refractivity contribution in [3.05, 3.63) is 48.0 Å². The molecule has 2 aromatic carbocycles. The quantitative estimate of drug-likeness (QED) is 0.773. The summed E-state index contributed by atoms with van der Waals surface area (Å²) in [4.78, 5) is 13.4. The zero-order valence-electron chi connectivity index (χ0n) is 11.9. The van der Waals surface area contributed by atoms with Crippen LogP contribution in [0.5, 0.6) is 0 Å². The van der Waals surface area contributed by atoms with E-state index in [9.17, 15) is 4.79 Å². The van der Waals surface area contributed by atoms with Crippen molar-refractivity contribution < 1.29 is 4.79 Å². The topological polar surface area (TPSA) is 75.0 Å². The van der Waals surface area contributed by atoms with Crippen LogP contribution in [0.2, 0.25) is 0 Å². The Kier molecular flexibility index (Phi) is 3.10. The van der Waals surface area contributed by atoms with Crippen LogP contribution in [-0.2, 0) is 0 Å². The third kappa shape index (κ3) is 2.33. The first-order chi connectivity index (χ1) is 10.1. The van der Waals surface area contributed by atoms with Gasteiger partial charge in [0, 0.05) is 36.3 Å². The first kappa shape index (κ1) is 13.2. The maximum absolute atomic E-state index is 11.3. The maximum Gasteiger partial charge on any atom is 0.248 e. The summed E-state index contributed by atoms with van der Waals surface area (Å²) in [5, 5.41) is 8.22. The molecule has 0 aliphatic heterocycles. The number of carbonyl (C=O) groups is 1. The second-order valence-corrected chi connectivity index (χ2v) is 5.14. The average molecular weight is 280 g/mol. The zero-order valence-corrected chi connectivity index (χ0v) is 11.9. The third-order valence-corrected chi connectivity index (χ3v) is 3.50. The number of anilines is 1. The predicted molar refractivity (Wildman–Crippen MR) is 84.4 cm³/mol. The molecular weight excluding hydrogens is 264 g/mol. The van der Waals surface area contributed by atoms with Crippen LogP contribution in [0.25, 0.3) is 22.2 Å². The standard InChI is InChI=1S/C16H16N4O/c1-20(2)12-6-3-10(4-7-12)15-13-9-11(16(17)21)5-8-14(13)18-19-15/h3-9H,1-2H3,(H2,17,21)(H,18,19). The SMILES string of the molecule is CN(C)c1ccc(-c2n[nH]c3ccc(C(N)=O)cc23)cc1. The summed E-state index contributed by atoms with van der Waals surface area (Å²) in [6.07, 6.45) is 0. The van der Waals surface area contributed by atoms with Crippen LogP contribution in [0.1, 0.15) is 10.4 Å². The number of fused-ring (bicyclic) bond motifs is 1. The summed E-state index contributed by atoms with van der Waals surface area (Å²) in [6, 6.07) is 13.4. The number of hydrogen-bond acceptors (Lipinski definition) is 3. The lowest BCUT2D eigenvalue weighted by molar-refractivity contribution is 0.100. The molecule has 0 unspecified atom stereocenters. The summed E-state index contributed by atoms with van der Waals surface area (Å²) >= 11 is 0. The molecule has 0 saturated carbocycles. The van der Waals surface area contributed by atoms with Gasteiger partial charge in [0.25, 0.3) is 0 Å². The smallest absolute Gasteiger partial charge is 0.248 e. The molecule has 1 heterocycles. The molecule has 0 atom stereocenters. The van der Waals surface area contributed by atoms with Gasteiger partial charge in [0.15, 0.2) is 0 Å². The molecule has 1 amide bonds. The van der Waals surface area contributed by atoms with Crippen LogP contribution in [0.15, 0.2) is 42.5 Å². The van der Waals surface area contributed by atoms with Crippen LogP contribution in [-0.4, -0.2) is 30.2 Å². The normalized spacial score (nSPS) is 10.8. The highest BCUT2D eigenvalue weighted by atomic mass is 16.1. The molecule has 3 aromatic rings. The molecular formula is C16H16N4O. The van der Waals surface area contributed by atoms with Crippen molar-refractivity contribution in [2.24, 2.45) is 5.73 Å². The fourth-order valence-corrected chi connectivity index (χ4v) is 2.30. The number of aromatic amines is 1. The van der Waals surface area contributed by atoms with Crippen molar-refractivity contribution in [3.63, 3.8) is 0 Å². The van der Waals surface area contributed by atoms with Gasteiger partial charge in [-0.25, -0.2) is 0 Å². The molecule has 0 aliphatic carbocycles. The summed E-state index contributed by atoms with van der Waals surface area (Å²) in [7, 11) is 4.00. The van der Waals surface area contributed by atoms with Crippen molar-refractivity contribution in [2.45, 2.75) is 0 Å². The van der Waals surface area contributed by atoms with Gasteiger partial charge in [-0.1, -0.05) is 12.1 Å². The van der Waals surface area contributed by atoms with E-state index in [1.54, 1.807) is 12.1 Å². The van der Waals surface area contributed by atoms with E-state index in [0.29, 0.717) is 5.56 Å². The summed E-state index contributed by atoms with van der Waals surface area (Å²) < 4.78 is 0. The molecule has 5 heteroatoms. The van der Waals surface area contributed by atoms with Gasteiger partial charge in [-0.05, 0) is 30.3 Å².